The van der Waals surface area contributed by atoms with Crippen LogP contribution in [0.1, 0.15) is 5.56 Å². The molecule has 1 aromatic carbocycles. The Morgan fingerprint density at radius 3 is 2.61 bits per heavy atom. The minimum absolute atomic E-state index is 0.378. The van der Waals surface area contributed by atoms with Crippen LogP contribution in [-0.4, -0.2) is 39.7 Å². The van der Waals surface area contributed by atoms with Crippen LogP contribution in [0.4, 0.5) is 0 Å². The summed E-state index contributed by atoms with van der Waals surface area (Å²) < 4.78 is 3.31. The fourth-order valence-electron chi connectivity index (χ4n) is 2.55. The van der Waals surface area contributed by atoms with Gasteiger partial charge in [0, 0.05) is 0 Å². The number of aromatic nitrogens is 4. The lowest BCUT2D eigenvalue weighted by molar-refractivity contribution is -0.858. The maximum atomic E-state index is 12.2. The van der Waals surface area contributed by atoms with Crippen LogP contribution in [0.15, 0.2) is 46.2 Å². The molecule has 0 atom stereocenters. The van der Waals surface area contributed by atoms with Gasteiger partial charge in [-0.15, -0.1) is 0 Å². The van der Waals surface area contributed by atoms with Crippen molar-refractivity contribution in [3.63, 3.8) is 0 Å². The van der Waals surface area contributed by atoms with Crippen molar-refractivity contribution in [2.24, 2.45) is 0 Å². The second kappa shape index (κ2) is 6.21. The molecule has 2 aromatic heterocycles. The van der Waals surface area contributed by atoms with Crippen molar-refractivity contribution in [1.82, 2.24) is 19.1 Å². The van der Waals surface area contributed by atoms with Gasteiger partial charge in [-0.1, -0.05) is 30.3 Å². The summed E-state index contributed by atoms with van der Waals surface area (Å²) in [5.41, 5.74) is 1.03. The standard InChI is InChI=1S/C16H19N5O2/c1-19(2)8-9-20-11-17-14-13(20)15(22)18-16(23)21(14)10-12-6-4-3-5-7-12/h3-7,11H,8-10H2,1-2H3,(H,18,22,23)/p+1. The second-order valence-electron chi connectivity index (χ2n) is 5.90. The summed E-state index contributed by atoms with van der Waals surface area (Å²) >= 11 is 0. The minimum Gasteiger partial charge on any atom is -0.338 e. The van der Waals surface area contributed by atoms with Crippen molar-refractivity contribution >= 4 is 11.2 Å². The minimum atomic E-state index is -0.435. The third-order valence-electron chi connectivity index (χ3n) is 3.79. The predicted molar refractivity (Wildman–Crippen MR) is 87.8 cm³/mol. The normalized spacial score (nSPS) is 11.4. The molecule has 2 heterocycles. The van der Waals surface area contributed by atoms with Crippen molar-refractivity contribution in [2.75, 3.05) is 20.6 Å². The molecule has 0 aliphatic rings. The Bertz CT molecular complexity index is 921. The Hall–Kier alpha value is -2.67. The zero-order valence-corrected chi connectivity index (χ0v) is 13.2. The molecule has 0 aliphatic carbocycles. The van der Waals surface area contributed by atoms with E-state index in [1.807, 2.05) is 34.9 Å². The van der Waals surface area contributed by atoms with Crippen LogP contribution in [0.25, 0.3) is 11.2 Å². The number of aromatic amines is 1. The Morgan fingerprint density at radius 2 is 1.91 bits per heavy atom. The lowest BCUT2D eigenvalue weighted by Crippen LogP contribution is -3.06. The number of imidazole rings is 1. The van der Waals surface area contributed by atoms with Gasteiger partial charge in [0.25, 0.3) is 5.56 Å². The van der Waals surface area contributed by atoms with Gasteiger partial charge in [0.15, 0.2) is 11.2 Å². The number of benzene rings is 1. The summed E-state index contributed by atoms with van der Waals surface area (Å²) in [5, 5.41) is 0. The van der Waals surface area contributed by atoms with E-state index in [0.29, 0.717) is 24.3 Å². The molecule has 3 aromatic rings. The van der Waals surface area contributed by atoms with E-state index in [4.69, 9.17) is 0 Å². The first-order valence-corrected chi connectivity index (χ1v) is 7.57. The maximum absolute atomic E-state index is 12.2. The average molecular weight is 314 g/mol. The molecule has 0 radical (unpaired) electrons. The number of fused-ring (bicyclic) bond motifs is 1. The topological polar surface area (TPSA) is 77.1 Å². The van der Waals surface area contributed by atoms with E-state index in [2.05, 4.69) is 24.1 Å². The zero-order valence-electron chi connectivity index (χ0n) is 13.2. The summed E-state index contributed by atoms with van der Waals surface area (Å²) in [6.07, 6.45) is 1.63. The van der Waals surface area contributed by atoms with E-state index in [0.717, 1.165) is 12.1 Å². The van der Waals surface area contributed by atoms with Crippen molar-refractivity contribution in [3.8, 4) is 0 Å². The highest BCUT2D eigenvalue weighted by atomic mass is 16.2. The molecule has 7 nitrogen and oxygen atoms in total. The molecule has 0 saturated carbocycles. The Labute approximate surface area is 132 Å². The molecule has 0 unspecified atom stereocenters. The van der Waals surface area contributed by atoms with Crippen molar-refractivity contribution < 1.29 is 4.90 Å². The number of nitrogens with zero attached hydrogens (tertiary/aromatic N) is 3. The van der Waals surface area contributed by atoms with E-state index in [1.165, 1.54) is 9.47 Å². The first-order valence-electron chi connectivity index (χ1n) is 7.57. The molecule has 0 spiro atoms. The predicted octanol–water partition coefficient (Wildman–Crippen LogP) is -0.921. The molecule has 0 saturated heterocycles. The monoisotopic (exact) mass is 314 g/mol. The van der Waals surface area contributed by atoms with Gasteiger partial charge in [-0.3, -0.25) is 14.3 Å². The molecule has 0 aliphatic heterocycles. The molecule has 0 bridgehead atoms. The highest BCUT2D eigenvalue weighted by molar-refractivity contribution is 5.70. The highest BCUT2D eigenvalue weighted by Gasteiger charge is 2.14. The first kappa shape index (κ1) is 15.2. The van der Waals surface area contributed by atoms with Crippen LogP contribution in [0, 0.1) is 0 Å². The highest BCUT2D eigenvalue weighted by Crippen LogP contribution is 2.08. The number of likely N-dealkylation sites (N-methyl/N-ethyl adjacent to an activating group) is 1. The maximum Gasteiger partial charge on any atom is 0.330 e. The van der Waals surface area contributed by atoms with Crippen LogP contribution in [0.5, 0.6) is 0 Å². The lowest BCUT2D eigenvalue weighted by atomic mass is 10.2. The molecular formula is C16H20N5O2+. The van der Waals surface area contributed by atoms with Crippen LogP contribution >= 0.6 is 0 Å². The average Bonchev–Trinajstić information content (AvgIpc) is 2.95. The first-order chi connectivity index (χ1) is 11.1. The zero-order chi connectivity index (χ0) is 16.4. The Balaban J connectivity index is 2.08. The van der Waals surface area contributed by atoms with Gasteiger partial charge < -0.3 is 9.47 Å². The molecule has 2 N–H and O–H groups in total. The van der Waals surface area contributed by atoms with Gasteiger partial charge in [0.05, 0.1) is 40.1 Å². The molecule has 7 heteroatoms. The van der Waals surface area contributed by atoms with Gasteiger partial charge in [0.2, 0.25) is 0 Å². The van der Waals surface area contributed by atoms with Gasteiger partial charge in [-0.05, 0) is 5.56 Å². The summed E-state index contributed by atoms with van der Waals surface area (Å²) in [7, 11) is 4.10. The molecule has 0 amide bonds. The van der Waals surface area contributed by atoms with E-state index in [-0.39, 0.29) is 5.56 Å². The third-order valence-corrected chi connectivity index (χ3v) is 3.79. The number of H-pyrrole nitrogens is 1. The molecule has 0 fully saturated rings. The van der Waals surface area contributed by atoms with Crippen LogP contribution < -0.4 is 16.1 Å². The summed E-state index contributed by atoms with van der Waals surface area (Å²) in [6.45, 7) is 1.91. The Morgan fingerprint density at radius 1 is 1.17 bits per heavy atom. The molecule has 3 rings (SSSR count). The molecular weight excluding hydrogens is 294 g/mol. The largest absolute Gasteiger partial charge is 0.338 e. The van der Waals surface area contributed by atoms with E-state index in [1.54, 1.807) is 6.33 Å². The van der Waals surface area contributed by atoms with E-state index in [9.17, 15) is 9.59 Å². The number of quaternary nitrogens is 1. The van der Waals surface area contributed by atoms with Crippen molar-refractivity contribution in [2.45, 2.75) is 13.1 Å². The Kier molecular flexibility index (Phi) is 4.12. The smallest absolute Gasteiger partial charge is 0.330 e. The van der Waals surface area contributed by atoms with E-state index < -0.39 is 5.69 Å². The van der Waals surface area contributed by atoms with Gasteiger partial charge in [0.1, 0.15) is 0 Å². The lowest BCUT2D eigenvalue weighted by Gasteiger charge is -2.09. The van der Waals surface area contributed by atoms with Gasteiger partial charge in [-0.25, -0.2) is 9.78 Å². The van der Waals surface area contributed by atoms with Crippen LogP contribution in [-0.2, 0) is 13.1 Å². The summed E-state index contributed by atoms with van der Waals surface area (Å²) in [6, 6.07) is 9.64. The second-order valence-corrected chi connectivity index (χ2v) is 5.90. The number of hydrogen-bond acceptors (Lipinski definition) is 3. The number of hydrogen-bond donors (Lipinski definition) is 2. The number of rotatable bonds is 5. The van der Waals surface area contributed by atoms with Crippen molar-refractivity contribution in [1.29, 1.82) is 0 Å². The van der Waals surface area contributed by atoms with Gasteiger partial charge >= 0.3 is 5.69 Å². The molecule has 23 heavy (non-hydrogen) atoms. The number of nitrogens with one attached hydrogen (secondary N) is 2. The van der Waals surface area contributed by atoms with Crippen molar-refractivity contribution in [3.05, 3.63) is 63.1 Å². The fraction of sp³-hybridized carbons (Fsp3) is 0.312. The quantitative estimate of drug-likeness (QED) is 0.639. The fourth-order valence-corrected chi connectivity index (χ4v) is 2.55. The SMILES string of the molecule is C[NH+](C)CCn1cnc2c1c(=O)[nH]c(=O)n2Cc1ccccc1. The summed E-state index contributed by atoms with van der Waals surface area (Å²) in [5.74, 6) is 0. The van der Waals surface area contributed by atoms with E-state index >= 15 is 0 Å². The molecule has 120 valence electrons. The third kappa shape index (κ3) is 3.09. The van der Waals surface area contributed by atoms with Crippen LogP contribution in [0.3, 0.4) is 0 Å². The summed E-state index contributed by atoms with van der Waals surface area (Å²) in [4.78, 5) is 32.4. The van der Waals surface area contributed by atoms with Gasteiger partial charge in [-0.2, -0.15) is 0 Å². The van der Waals surface area contributed by atoms with Crippen LogP contribution in [0.2, 0.25) is 0 Å².